The van der Waals surface area contributed by atoms with E-state index in [1.54, 1.807) is 0 Å². The number of benzene rings is 1. The average molecular weight is 355 g/mol. The van der Waals surface area contributed by atoms with E-state index in [2.05, 4.69) is 26.6 Å². The van der Waals surface area contributed by atoms with Crippen LogP contribution in [0.15, 0.2) is 28.7 Å². The molecule has 1 aliphatic heterocycles. The second-order valence-corrected chi connectivity index (χ2v) is 6.86. The summed E-state index contributed by atoms with van der Waals surface area (Å²) in [5, 5.41) is 6.32. The van der Waals surface area contributed by atoms with Gasteiger partial charge in [0.25, 0.3) is 0 Å². The van der Waals surface area contributed by atoms with Crippen LogP contribution in [0.25, 0.3) is 0 Å². The minimum absolute atomic E-state index is 0.0681. The molecule has 1 fully saturated rings. The Kier molecular flexibility index (Phi) is 5.79. The van der Waals surface area contributed by atoms with Crippen molar-refractivity contribution in [3.8, 4) is 0 Å². The van der Waals surface area contributed by atoms with Gasteiger partial charge in [-0.1, -0.05) is 28.1 Å². The normalized spacial score (nSPS) is 16.7. The second kappa shape index (κ2) is 7.38. The highest BCUT2D eigenvalue weighted by Gasteiger charge is 2.23. The van der Waals surface area contributed by atoms with E-state index in [0.717, 1.165) is 36.0 Å². The van der Waals surface area contributed by atoms with Crippen LogP contribution in [0.2, 0.25) is 0 Å². The fourth-order valence-corrected chi connectivity index (χ4v) is 2.74. The van der Waals surface area contributed by atoms with Crippen molar-refractivity contribution in [3.05, 3.63) is 34.3 Å². The van der Waals surface area contributed by atoms with Gasteiger partial charge in [-0.3, -0.25) is 4.79 Å². The van der Waals surface area contributed by atoms with Gasteiger partial charge in [-0.2, -0.15) is 0 Å². The van der Waals surface area contributed by atoms with Gasteiger partial charge in [0.15, 0.2) is 0 Å². The molecule has 0 bridgehead atoms. The highest BCUT2D eigenvalue weighted by atomic mass is 79.9. The smallest absolute Gasteiger partial charge is 0.246 e. The molecule has 1 saturated heterocycles. The van der Waals surface area contributed by atoms with Gasteiger partial charge in [-0.15, -0.1) is 0 Å². The fraction of sp³-hybridized carbons (Fsp3) is 0.562. The number of carbonyl (C=O) groups excluding carboxylic acids is 1. The van der Waals surface area contributed by atoms with Gasteiger partial charge in [0.05, 0.1) is 11.6 Å². The summed E-state index contributed by atoms with van der Waals surface area (Å²) in [4.78, 5) is 12.1. The lowest BCUT2D eigenvalue weighted by Crippen LogP contribution is -2.43. The first-order chi connectivity index (χ1) is 9.97. The minimum atomic E-state index is -0.407. The van der Waals surface area contributed by atoms with Crippen molar-refractivity contribution >= 4 is 21.8 Å². The molecular weight excluding hydrogens is 332 g/mol. The third-order valence-corrected chi connectivity index (χ3v) is 4.28. The first kappa shape index (κ1) is 16.5. The maximum absolute atomic E-state index is 12.1. The van der Waals surface area contributed by atoms with Crippen molar-refractivity contribution in [1.82, 2.24) is 10.6 Å². The number of amides is 1. The summed E-state index contributed by atoms with van der Waals surface area (Å²) >= 11 is 3.42. The number of hydrogen-bond donors (Lipinski definition) is 2. The maximum atomic E-state index is 12.1. The van der Waals surface area contributed by atoms with Gasteiger partial charge in [-0.05, 0) is 57.5 Å². The molecule has 0 radical (unpaired) electrons. The Hall–Kier alpha value is -0.910. The average Bonchev–Trinajstić information content (AvgIpc) is 2.46. The molecular formula is C16H23BrN2O2. The second-order valence-electron chi connectivity index (χ2n) is 5.94. The van der Waals surface area contributed by atoms with Gasteiger partial charge < -0.3 is 15.4 Å². The molecule has 1 aliphatic rings. The lowest BCUT2D eigenvalue weighted by Gasteiger charge is -2.28. The van der Waals surface area contributed by atoms with Crippen LogP contribution < -0.4 is 10.6 Å². The molecule has 1 aromatic carbocycles. The van der Waals surface area contributed by atoms with E-state index in [4.69, 9.17) is 4.74 Å². The lowest BCUT2D eigenvalue weighted by molar-refractivity contribution is -0.130. The summed E-state index contributed by atoms with van der Waals surface area (Å²) in [6.07, 6.45) is 2.15. The Morgan fingerprint density at radius 2 is 1.95 bits per heavy atom. The van der Waals surface area contributed by atoms with E-state index in [1.807, 2.05) is 38.1 Å². The molecule has 4 nitrogen and oxygen atoms in total. The van der Waals surface area contributed by atoms with Gasteiger partial charge in [0.2, 0.25) is 5.91 Å². The van der Waals surface area contributed by atoms with Crippen LogP contribution in [0.5, 0.6) is 0 Å². The summed E-state index contributed by atoms with van der Waals surface area (Å²) in [7, 11) is 0. The number of rotatable bonds is 5. The molecule has 0 spiro atoms. The Morgan fingerprint density at radius 1 is 1.33 bits per heavy atom. The van der Waals surface area contributed by atoms with Gasteiger partial charge in [-0.25, -0.2) is 0 Å². The third kappa shape index (κ3) is 5.09. The predicted molar refractivity (Wildman–Crippen MR) is 87.2 cm³/mol. The quantitative estimate of drug-likeness (QED) is 0.854. The number of hydrogen-bond acceptors (Lipinski definition) is 3. The largest absolute Gasteiger partial charge is 0.368 e. The van der Waals surface area contributed by atoms with E-state index in [9.17, 15) is 4.79 Å². The zero-order valence-corrected chi connectivity index (χ0v) is 14.2. The van der Waals surface area contributed by atoms with Crippen molar-refractivity contribution in [1.29, 1.82) is 0 Å². The summed E-state index contributed by atoms with van der Waals surface area (Å²) in [5.74, 6) is -0.0681. The van der Waals surface area contributed by atoms with Crippen molar-refractivity contribution in [2.75, 3.05) is 19.7 Å². The molecule has 5 heteroatoms. The van der Waals surface area contributed by atoms with Crippen LogP contribution in [-0.2, 0) is 15.1 Å². The molecule has 0 saturated carbocycles. The maximum Gasteiger partial charge on any atom is 0.246 e. The summed E-state index contributed by atoms with van der Waals surface area (Å²) in [6.45, 7) is 6.06. The van der Waals surface area contributed by atoms with Gasteiger partial charge in [0.1, 0.15) is 6.61 Å². The van der Waals surface area contributed by atoms with Crippen LogP contribution in [0.1, 0.15) is 32.3 Å². The number of piperidine rings is 1. The predicted octanol–water partition coefficient (Wildman–Crippen LogP) is 2.57. The Bertz CT molecular complexity index is 468. The highest BCUT2D eigenvalue weighted by Crippen LogP contribution is 2.22. The van der Waals surface area contributed by atoms with Crippen LogP contribution in [0, 0.1) is 0 Å². The minimum Gasteiger partial charge on any atom is -0.368 e. The fourth-order valence-electron chi connectivity index (χ4n) is 2.48. The van der Waals surface area contributed by atoms with E-state index >= 15 is 0 Å². The standard InChI is InChI=1S/C16H23BrN2O2/c1-16(2,12-3-5-13(17)6-4-12)19-15(20)11-21-14-7-9-18-10-8-14/h3-6,14,18H,7-11H2,1-2H3,(H,19,20). The molecule has 0 aromatic heterocycles. The Labute approximate surface area is 134 Å². The van der Waals surface area contributed by atoms with Crippen LogP contribution in [0.4, 0.5) is 0 Å². The van der Waals surface area contributed by atoms with Crippen molar-refractivity contribution in [2.45, 2.75) is 38.3 Å². The highest BCUT2D eigenvalue weighted by molar-refractivity contribution is 9.10. The summed E-state index contributed by atoms with van der Waals surface area (Å²) in [5.41, 5.74) is 0.663. The topological polar surface area (TPSA) is 50.4 Å². The van der Waals surface area contributed by atoms with Crippen LogP contribution in [-0.4, -0.2) is 31.7 Å². The monoisotopic (exact) mass is 354 g/mol. The van der Waals surface area contributed by atoms with E-state index in [1.165, 1.54) is 0 Å². The zero-order chi connectivity index (χ0) is 15.3. The first-order valence-corrected chi connectivity index (χ1v) is 8.16. The van der Waals surface area contributed by atoms with Gasteiger partial charge >= 0.3 is 0 Å². The van der Waals surface area contributed by atoms with E-state index in [-0.39, 0.29) is 18.6 Å². The van der Waals surface area contributed by atoms with Crippen molar-refractivity contribution in [3.63, 3.8) is 0 Å². The van der Waals surface area contributed by atoms with Crippen LogP contribution >= 0.6 is 15.9 Å². The Balaban J connectivity index is 1.84. The van der Waals surface area contributed by atoms with Crippen LogP contribution in [0.3, 0.4) is 0 Å². The van der Waals surface area contributed by atoms with Gasteiger partial charge in [0, 0.05) is 4.47 Å². The number of nitrogens with one attached hydrogen (secondary N) is 2. The van der Waals surface area contributed by atoms with Crippen molar-refractivity contribution in [2.24, 2.45) is 0 Å². The molecule has 116 valence electrons. The molecule has 0 unspecified atom stereocenters. The third-order valence-electron chi connectivity index (χ3n) is 3.75. The molecule has 2 N–H and O–H groups in total. The molecule has 1 heterocycles. The van der Waals surface area contributed by atoms with Crippen molar-refractivity contribution < 1.29 is 9.53 Å². The summed E-state index contributed by atoms with van der Waals surface area (Å²) < 4.78 is 6.72. The number of halogens is 1. The molecule has 1 amide bonds. The number of carbonyl (C=O) groups is 1. The molecule has 0 aliphatic carbocycles. The van der Waals surface area contributed by atoms with E-state index in [0.29, 0.717) is 0 Å². The number of ether oxygens (including phenoxy) is 1. The molecule has 1 aromatic rings. The SMILES string of the molecule is CC(C)(NC(=O)COC1CCNCC1)c1ccc(Br)cc1. The molecule has 21 heavy (non-hydrogen) atoms. The zero-order valence-electron chi connectivity index (χ0n) is 12.6. The molecule has 2 rings (SSSR count). The Morgan fingerprint density at radius 3 is 2.57 bits per heavy atom. The van der Waals surface area contributed by atoms with E-state index < -0.39 is 5.54 Å². The molecule has 0 atom stereocenters. The summed E-state index contributed by atoms with van der Waals surface area (Å²) in [6, 6.07) is 7.99. The lowest BCUT2D eigenvalue weighted by atomic mass is 9.94. The first-order valence-electron chi connectivity index (χ1n) is 7.37.